The number of hydrogen-bond donors (Lipinski definition) is 1. The second kappa shape index (κ2) is 9.13. The first-order valence-corrected chi connectivity index (χ1v) is 11.6. The van der Waals surface area contributed by atoms with Crippen LogP contribution >= 0.6 is 0 Å². The van der Waals surface area contributed by atoms with Crippen molar-refractivity contribution < 1.29 is 14.6 Å². The number of carboxylic acids is 1. The summed E-state index contributed by atoms with van der Waals surface area (Å²) < 4.78 is 8.22. The lowest BCUT2D eigenvalue weighted by Gasteiger charge is -2.32. The van der Waals surface area contributed by atoms with Crippen molar-refractivity contribution in [3.05, 3.63) is 71.8 Å². The minimum absolute atomic E-state index is 0.127. The van der Waals surface area contributed by atoms with Gasteiger partial charge < -0.3 is 14.7 Å². The molecule has 0 spiro atoms. The van der Waals surface area contributed by atoms with Gasteiger partial charge in [-0.05, 0) is 55.3 Å². The largest absolute Gasteiger partial charge is 0.489 e. The average Bonchev–Trinajstić information content (AvgIpc) is 3.20. The molecule has 1 aliphatic rings. The van der Waals surface area contributed by atoms with E-state index < -0.39 is 5.97 Å². The highest BCUT2D eigenvalue weighted by molar-refractivity contribution is 5.94. The molecule has 0 aliphatic carbocycles. The summed E-state index contributed by atoms with van der Waals surface area (Å²) in [4.78, 5) is 27.1. The van der Waals surface area contributed by atoms with E-state index in [1.54, 1.807) is 18.3 Å². The molecule has 3 aromatic heterocycles. The fourth-order valence-electron chi connectivity index (χ4n) is 4.42. The first-order chi connectivity index (χ1) is 16.5. The second-order valence-corrected chi connectivity index (χ2v) is 8.60. The Labute approximate surface area is 197 Å². The third-order valence-corrected chi connectivity index (χ3v) is 6.31. The number of rotatable bonds is 6. The third kappa shape index (κ3) is 4.31. The van der Waals surface area contributed by atoms with Crippen LogP contribution in [0.5, 0.6) is 5.75 Å². The second-order valence-electron chi connectivity index (χ2n) is 8.60. The fraction of sp³-hybridized carbons (Fsp3) is 0.308. The van der Waals surface area contributed by atoms with Crippen LogP contribution in [0.1, 0.15) is 41.4 Å². The Balaban J connectivity index is 1.25. The van der Waals surface area contributed by atoms with Crippen LogP contribution in [0.3, 0.4) is 0 Å². The maximum Gasteiger partial charge on any atom is 0.335 e. The number of benzene rings is 1. The van der Waals surface area contributed by atoms with Gasteiger partial charge in [-0.15, -0.1) is 0 Å². The van der Waals surface area contributed by atoms with Crippen LogP contribution in [0.15, 0.2) is 55.0 Å². The molecule has 8 heteroatoms. The molecule has 0 saturated carbocycles. The van der Waals surface area contributed by atoms with E-state index in [0.29, 0.717) is 0 Å². The van der Waals surface area contributed by atoms with Gasteiger partial charge in [0, 0.05) is 49.4 Å². The predicted octanol–water partition coefficient (Wildman–Crippen LogP) is 4.43. The number of piperidine rings is 1. The van der Waals surface area contributed by atoms with E-state index in [1.165, 1.54) is 0 Å². The molecule has 0 bridgehead atoms. The molecule has 0 unspecified atom stereocenters. The van der Waals surface area contributed by atoms with Crippen molar-refractivity contribution >= 4 is 22.8 Å². The number of carbonyl (C=O) groups is 1. The van der Waals surface area contributed by atoms with Crippen LogP contribution < -0.4 is 9.64 Å². The Morgan fingerprint density at radius 3 is 2.47 bits per heavy atom. The molecule has 0 radical (unpaired) electrons. The summed E-state index contributed by atoms with van der Waals surface area (Å²) in [6.45, 7) is 5.80. The zero-order chi connectivity index (χ0) is 23.7. The van der Waals surface area contributed by atoms with E-state index in [-0.39, 0.29) is 11.7 Å². The van der Waals surface area contributed by atoms with Gasteiger partial charge in [-0.2, -0.15) is 0 Å². The Morgan fingerprint density at radius 1 is 1.06 bits per heavy atom. The lowest BCUT2D eigenvalue weighted by atomic mass is 10.1. The topological polar surface area (TPSA) is 93.4 Å². The van der Waals surface area contributed by atoms with Crippen molar-refractivity contribution in [3.63, 3.8) is 0 Å². The highest BCUT2D eigenvalue weighted by Gasteiger charge is 2.22. The summed E-state index contributed by atoms with van der Waals surface area (Å²) in [6.07, 6.45) is 8.42. The van der Waals surface area contributed by atoms with E-state index in [0.717, 1.165) is 72.0 Å². The van der Waals surface area contributed by atoms with Crippen LogP contribution in [-0.2, 0) is 6.42 Å². The van der Waals surface area contributed by atoms with Gasteiger partial charge in [-0.25, -0.2) is 19.7 Å². The van der Waals surface area contributed by atoms with E-state index in [1.807, 2.05) is 48.1 Å². The number of aryl methyl sites for hydroxylation is 2. The minimum Gasteiger partial charge on any atom is -0.489 e. The molecule has 0 atom stereocenters. The van der Waals surface area contributed by atoms with Crippen molar-refractivity contribution in [3.8, 4) is 11.6 Å². The molecule has 4 aromatic rings. The highest BCUT2D eigenvalue weighted by Crippen LogP contribution is 2.26. The van der Waals surface area contributed by atoms with Crippen LogP contribution in [0.4, 0.5) is 5.95 Å². The van der Waals surface area contributed by atoms with Gasteiger partial charge >= 0.3 is 5.97 Å². The van der Waals surface area contributed by atoms with Crippen LogP contribution in [0.2, 0.25) is 0 Å². The lowest BCUT2D eigenvalue weighted by molar-refractivity contribution is 0.0697. The number of ether oxygens (including phenoxy) is 1. The number of aromatic carboxylic acids is 1. The number of aromatic nitrogens is 4. The SMILES string of the molecule is CCc1cnc(N2CCC(Oc3ccc(-n4c(C)cc5cc(C(=O)O)ccc54)nc3)CC2)nc1. The molecular formula is C26H27N5O3. The maximum absolute atomic E-state index is 11.3. The van der Waals surface area contributed by atoms with E-state index in [4.69, 9.17) is 4.74 Å². The van der Waals surface area contributed by atoms with E-state index >= 15 is 0 Å². The van der Waals surface area contributed by atoms with Gasteiger partial charge in [0.2, 0.25) is 5.95 Å². The molecule has 174 valence electrons. The van der Waals surface area contributed by atoms with Gasteiger partial charge in [0.05, 0.1) is 17.3 Å². The molecular weight excluding hydrogens is 430 g/mol. The number of hydrogen-bond acceptors (Lipinski definition) is 6. The smallest absolute Gasteiger partial charge is 0.335 e. The molecule has 1 aliphatic heterocycles. The average molecular weight is 458 g/mol. The quantitative estimate of drug-likeness (QED) is 0.458. The molecule has 34 heavy (non-hydrogen) atoms. The number of carboxylic acid groups (broad SMARTS) is 1. The van der Waals surface area contributed by atoms with Crippen LogP contribution in [0, 0.1) is 6.92 Å². The Bertz CT molecular complexity index is 1310. The van der Waals surface area contributed by atoms with Crippen LogP contribution in [-0.4, -0.2) is 49.8 Å². The van der Waals surface area contributed by atoms with Crippen molar-refractivity contribution in [1.29, 1.82) is 0 Å². The lowest BCUT2D eigenvalue weighted by Crippen LogP contribution is -2.39. The van der Waals surface area contributed by atoms with Crippen molar-refractivity contribution in [2.45, 2.75) is 39.2 Å². The molecule has 1 fully saturated rings. The molecule has 4 heterocycles. The van der Waals surface area contributed by atoms with Crippen molar-refractivity contribution in [2.24, 2.45) is 0 Å². The summed E-state index contributed by atoms with van der Waals surface area (Å²) in [6, 6.07) is 11.0. The summed E-state index contributed by atoms with van der Waals surface area (Å²) in [5.41, 5.74) is 3.33. The first-order valence-electron chi connectivity index (χ1n) is 11.6. The van der Waals surface area contributed by atoms with Gasteiger partial charge in [0.1, 0.15) is 17.7 Å². The number of anilines is 1. The van der Waals surface area contributed by atoms with E-state index in [2.05, 4.69) is 26.8 Å². The summed E-state index contributed by atoms with van der Waals surface area (Å²) in [5.74, 6) is 1.37. The van der Waals surface area contributed by atoms with Gasteiger partial charge in [0.15, 0.2) is 0 Å². The number of pyridine rings is 1. The zero-order valence-electron chi connectivity index (χ0n) is 19.3. The molecule has 1 N–H and O–H groups in total. The van der Waals surface area contributed by atoms with Gasteiger partial charge in [-0.1, -0.05) is 6.92 Å². The normalized spacial score (nSPS) is 14.5. The van der Waals surface area contributed by atoms with Crippen molar-refractivity contribution in [1.82, 2.24) is 19.5 Å². The molecule has 5 rings (SSSR count). The van der Waals surface area contributed by atoms with Gasteiger partial charge in [-0.3, -0.25) is 4.57 Å². The maximum atomic E-state index is 11.3. The summed E-state index contributed by atoms with van der Waals surface area (Å²) in [7, 11) is 0. The van der Waals surface area contributed by atoms with E-state index in [9.17, 15) is 9.90 Å². The van der Waals surface area contributed by atoms with Crippen LogP contribution in [0.25, 0.3) is 16.7 Å². The number of nitrogens with zero attached hydrogens (tertiary/aromatic N) is 5. The Kier molecular flexibility index (Phi) is 5.88. The Hall–Kier alpha value is -3.94. The zero-order valence-corrected chi connectivity index (χ0v) is 19.3. The summed E-state index contributed by atoms with van der Waals surface area (Å²) in [5, 5.41) is 10.1. The molecule has 0 amide bonds. The third-order valence-electron chi connectivity index (χ3n) is 6.31. The minimum atomic E-state index is -0.931. The van der Waals surface area contributed by atoms with Crippen molar-refractivity contribution in [2.75, 3.05) is 18.0 Å². The first kappa shape index (κ1) is 21.9. The monoisotopic (exact) mass is 457 g/mol. The van der Waals surface area contributed by atoms with Gasteiger partial charge in [0.25, 0.3) is 0 Å². The Morgan fingerprint density at radius 2 is 1.82 bits per heavy atom. The molecule has 1 saturated heterocycles. The number of fused-ring (bicyclic) bond motifs is 1. The highest BCUT2D eigenvalue weighted by atomic mass is 16.5. The molecule has 1 aromatic carbocycles. The fourth-order valence-corrected chi connectivity index (χ4v) is 4.42. The molecule has 8 nitrogen and oxygen atoms in total. The standard InChI is InChI=1S/C26H27N5O3/c1-3-18-14-28-26(29-15-18)30-10-8-21(9-11-30)34-22-5-7-24(27-16-22)31-17(2)12-20-13-19(25(32)33)4-6-23(20)31/h4-7,12-16,21H,3,8-11H2,1-2H3,(H,32,33). The summed E-state index contributed by atoms with van der Waals surface area (Å²) >= 11 is 0. The predicted molar refractivity (Wildman–Crippen MR) is 130 cm³/mol.